The SMILES string of the molecule is c1ccc([C]2CCCC2)nc1. The van der Waals surface area contributed by atoms with Crippen molar-refractivity contribution in [2.75, 3.05) is 0 Å². The molecule has 0 amide bonds. The smallest absolute Gasteiger partial charge is 0.0474 e. The Bertz CT molecular complexity index is 212. The van der Waals surface area contributed by atoms with E-state index in [9.17, 15) is 0 Å². The van der Waals surface area contributed by atoms with Crippen LogP contribution in [0.15, 0.2) is 24.4 Å². The second kappa shape index (κ2) is 3.04. The average Bonchev–Trinajstić information content (AvgIpc) is 2.58. The Labute approximate surface area is 67.5 Å². The number of pyridine rings is 1. The standard InChI is InChI=1S/C10H12N/c1-2-6-9(5-1)10-7-3-4-8-11-10/h3-4,7-8H,1-2,5-6H2. The molecule has 57 valence electrons. The van der Waals surface area contributed by atoms with Crippen molar-refractivity contribution >= 4 is 0 Å². The van der Waals surface area contributed by atoms with E-state index >= 15 is 0 Å². The normalized spacial score (nSPS) is 18.9. The highest BCUT2D eigenvalue weighted by Gasteiger charge is 2.17. The van der Waals surface area contributed by atoms with Gasteiger partial charge in [-0.15, -0.1) is 0 Å². The van der Waals surface area contributed by atoms with Crippen molar-refractivity contribution in [1.29, 1.82) is 0 Å². The number of rotatable bonds is 1. The van der Waals surface area contributed by atoms with Crippen LogP contribution in [0, 0.1) is 5.92 Å². The Morgan fingerprint density at radius 3 is 2.55 bits per heavy atom. The molecule has 0 aliphatic heterocycles. The first kappa shape index (κ1) is 6.84. The molecule has 1 nitrogen and oxygen atoms in total. The van der Waals surface area contributed by atoms with E-state index in [1.807, 2.05) is 12.3 Å². The summed E-state index contributed by atoms with van der Waals surface area (Å²) in [7, 11) is 0. The lowest BCUT2D eigenvalue weighted by atomic mass is 10.0. The molecular formula is C10H12N. The van der Waals surface area contributed by atoms with Gasteiger partial charge in [0.05, 0.1) is 0 Å². The van der Waals surface area contributed by atoms with Crippen molar-refractivity contribution < 1.29 is 0 Å². The average molecular weight is 146 g/mol. The van der Waals surface area contributed by atoms with E-state index in [0.717, 1.165) is 0 Å². The van der Waals surface area contributed by atoms with Gasteiger partial charge in [0, 0.05) is 17.8 Å². The Balaban J connectivity index is 2.16. The van der Waals surface area contributed by atoms with E-state index in [1.54, 1.807) is 5.92 Å². The summed E-state index contributed by atoms with van der Waals surface area (Å²) in [6.07, 6.45) is 7.10. The minimum atomic E-state index is 1.21. The van der Waals surface area contributed by atoms with Crippen molar-refractivity contribution in [2.45, 2.75) is 25.7 Å². The lowest BCUT2D eigenvalue weighted by Gasteiger charge is -2.05. The molecule has 0 spiro atoms. The summed E-state index contributed by atoms with van der Waals surface area (Å²) in [6, 6.07) is 6.15. The van der Waals surface area contributed by atoms with E-state index in [0.29, 0.717) is 0 Å². The summed E-state index contributed by atoms with van der Waals surface area (Å²) < 4.78 is 0. The van der Waals surface area contributed by atoms with Crippen molar-refractivity contribution in [2.24, 2.45) is 0 Å². The number of aromatic nitrogens is 1. The van der Waals surface area contributed by atoms with Gasteiger partial charge < -0.3 is 0 Å². The van der Waals surface area contributed by atoms with E-state index in [4.69, 9.17) is 0 Å². The first-order chi connectivity index (χ1) is 5.47. The van der Waals surface area contributed by atoms with Crippen LogP contribution in [0.3, 0.4) is 0 Å². The Kier molecular flexibility index (Phi) is 1.89. The van der Waals surface area contributed by atoms with E-state index < -0.39 is 0 Å². The number of nitrogens with zero attached hydrogens (tertiary/aromatic N) is 1. The Morgan fingerprint density at radius 2 is 1.91 bits per heavy atom. The lowest BCUT2D eigenvalue weighted by Crippen LogP contribution is -1.95. The first-order valence-corrected chi connectivity index (χ1v) is 4.23. The highest BCUT2D eigenvalue weighted by molar-refractivity contribution is 5.23. The molecule has 1 saturated carbocycles. The minimum Gasteiger partial charge on any atom is -0.261 e. The van der Waals surface area contributed by atoms with Gasteiger partial charge in [-0.05, 0) is 25.0 Å². The maximum atomic E-state index is 4.32. The first-order valence-electron chi connectivity index (χ1n) is 4.23. The third kappa shape index (κ3) is 1.42. The van der Waals surface area contributed by atoms with Gasteiger partial charge in [-0.3, -0.25) is 4.98 Å². The molecule has 0 aromatic carbocycles. The van der Waals surface area contributed by atoms with Gasteiger partial charge in [-0.25, -0.2) is 0 Å². The zero-order valence-corrected chi connectivity index (χ0v) is 6.59. The molecule has 0 bridgehead atoms. The zero-order valence-electron chi connectivity index (χ0n) is 6.59. The lowest BCUT2D eigenvalue weighted by molar-refractivity contribution is 0.886. The molecule has 1 aromatic rings. The van der Waals surface area contributed by atoms with Gasteiger partial charge in [0.2, 0.25) is 0 Å². The number of hydrogen-bond acceptors (Lipinski definition) is 1. The quantitative estimate of drug-likeness (QED) is 0.593. The molecule has 1 aliphatic rings. The van der Waals surface area contributed by atoms with Crippen molar-refractivity contribution in [1.82, 2.24) is 4.98 Å². The van der Waals surface area contributed by atoms with Crippen molar-refractivity contribution in [3.05, 3.63) is 36.0 Å². The van der Waals surface area contributed by atoms with Gasteiger partial charge in [-0.2, -0.15) is 0 Å². The summed E-state index contributed by atoms with van der Waals surface area (Å²) in [4.78, 5) is 4.32. The molecule has 0 atom stereocenters. The third-order valence-corrected chi connectivity index (χ3v) is 2.23. The molecule has 0 N–H and O–H groups in total. The summed E-state index contributed by atoms with van der Waals surface area (Å²) in [5.41, 5.74) is 1.21. The fraction of sp³-hybridized carbons (Fsp3) is 0.400. The molecule has 11 heavy (non-hydrogen) atoms. The van der Waals surface area contributed by atoms with Crippen LogP contribution < -0.4 is 0 Å². The van der Waals surface area contributed by atoms with Crippen LogP contribution in [-0.2, 0) is 0 Å². The zero-order chi connectivity index (χ0) is 7.52. The largest absolute Gasteiger partial charge is 0.261 e. The highest BCUT2D eigenvalue weighted by atomic mass is 14.7. The predicted molar refractivity (Wildman–Crippen MR) is 45.1 cm³/mol. The molecule has 0 saturated heterocycles. The molecule has 1 heteroatoms. The van der Waals surface area contributed by atoms with Crippen LogP contribution in [0.1, 0.15) is 31.4 Å². The summed E-state index contributed by atoms with van der Waals surface area (Å²) in [5.74, 6) is 1.55. The highest BCUT2D eigenvalue weighted by Crippen LogP contribution is 2.31. The van der Waals surface area contributed by atoms with E-state index in [-0.39, 0.29) is 0 Å². The molecule has 2 rings (SSSR count). The van der Waals surface area contributed by atoms with Crippen molar-refractivity contribution in [3.8, 4) is 0 Å². The predicted octanol–water partition coefficient (Wildman–Crippen LogP) is 2.58. The molecule has 1 fully saturated rings. The molecule has 1 radical (unpaired) electrons. The van der Waals surface area contributed by atoms with E-state index in [2.05, 4.69) is 17.1 Å². The van der Waals surface area contributed by atoms with Gasteiger partial charge >= 0.3 is 0 Å². The van der Waals surface area contributed by atoms with Gasteiger partial charge in [0.25, 0.3) is 0 Å². The topological polar surface area (TPSA) is 12.9 Å². The summed E-state index contributed by atoms with van der Waals surface area (Å²) in [6.45, 7) is 0. The molecule has 1 aliphatic carbocycles. The third-order valence-electron chi connectivity index (χ3n) is 2.23. The molecular weight excluding hydrogens is 134 g/mol. The summed E-state index contributed by atoms with van der Waals surface area (Å²) >= 11 is 0. The Hall–Kier alpha value is -0.850. The second-order valence-electron chi connectivity index (χ2n) is 3.03. The fourth-order valence-corrected chi connectivity index (χ4v) is 1.63. The van der Waals surface area contributed by atoms with Crippen LogP contribution in [-0.4, -0.2) is 4.98 Å². The van der Waals surface area contributed by atoms with E-state index in [1.165, 1.54) is 31.4 Å². The fourth-order valence-electron chi connectivity index (χ4n) is 1.63. The van der Waals surface area contributed by atoms with Crippen molar-refractivity contribution in [3.63, 3.8) is 0 Å². The van der Waals surface area contributed by atoms with Crippen LogP contribution >= 0.6 is 0 Å². The second-order valence-corrected chi connectivity index (χ2v) is 3.03. The monoisotopic (exact) mass is 146 g/mol. The summed E-state index contributed by atoms with van der Waals surface area (Å²) in [5, 5.41) is 0. The molecule has 1 aromatic heterocycles. The molecule has 1 heterocycles. The number of hydrogen-bond donors (Lipinski definition) is 0. The Morgan fingerprint density at radius 1 is 1.09 bits per heavy atom. The van der Waals surface area contributed by atoms with Gasteiger partial charge in [-0.1, -0.05) is 18.9 Å². The minimum absolute atomic E-state index is 1.21. The maximum Gasteiger partial charge on any atom is 0.0474 e. The van der Waals surface area contributed by atoms with Crippen LogP contribution in [0.5, 0.6) is 0 Å². The maximum absolute atomic E-state index is 4.32. The van der Waals surface area contributed by atoms with Crippen LogP contribution in [0.4, 0.5) is 0 Å². The molecule has 0 unspecified atom stereocenters. The van der Waals surface area contributed by atoms with Gasteiger partial charge in [0.1, 0.15) is 0 Å². The van der Waals surface area contributed by atoms with Crippen LogP contribution in [0.2, 0.25) is 0 Å². The van der Waals surface area contributed by atoms with Gasteiger partial charge in [0.15, 0.2) is 0 Å². The van der Waals surface area contributed by atoms with Crippen LogP contribution in [0.25, 0.3) is 0 Å².